The first-order chi connectivity index (χ1) is 10.3. The summed E-state index contributed by atoms with van der Waals surface area (Å²) in [5.74, 6) is -1.52. The van der Waals surface area contributed by atoms with Gasteiger partial charge in [-0.15, -0.1) is 0 Å². The third-order valence-electron chi connectivity index (χ3n) is 2.66. The van der Waals surface area contributed by atoms with Gasteiger partial charge in [0, 0.05) is 12.8 Å². The van der Waals surface area contributed by atoms with Crippen LogP contribution in [0.5, 0.6) is 0 Å². The van der Waals surface area contributed by atoms with Crippen LogP contribution in [0.4, 0.5) is 0 Å². The van der Waals surface area contributed by atoms with Crippen LogP contribution in [0, 0.1) is 0 Å². The van der Waals surface area contributed by atoms with E-state index in [-0.39, 0.29) is 31.0 Å². The molecule has 0 heterocycles. The van der Waals surface area contributed by atoms with Crippen molar-refractivity contribution in [1.82, 2.24) is 0 Å². The first-order valence-electron chi connectivity index (χ1n) is 7.63. The van der Waals surface area contributed by atoms with Crippen LogP contribution >= 0.6 is 0 Å². The van der Waals surface area contributed by atoms with Crippen LogP contribution in [0.15, 0.2) is 0 Å². The highest BCUT2D eigenvalue weighted by atomic mass is 16.5. The lowest BCUT2D eigenvalue weighted by Crippen LogP contribution is -2.19. The lowest BCUT2D eigenvalue weighted by molar-refractivity contribution is -0.138. The Morgan fingerprint density at radius 2 is 1.30 bits per heavy atom. The Balaban J connectivity index is -0.000000354. The molecule has 2 atom stereocenters. The Labute approximate surface area is 137 Å². The van der Waals surface area contributed by atoms with Gasteiger partial charge in [-0.25, -0.2) is 0 Å². The van der Waals surface area contributed by atoms with E-state index in [0.717, 1.165) is 19.3 Å². The van der Waals surface area contributed by atoms with Gasteiger partial charge in [0.1, 0.15) is 0 Å². The number of ether oxygens (including phenoxy) is 1. The third kappa shape index (κ3) is 29.4. The quantitative estimate of drug-likeness (QED) is 0.383. The van der Waals surface area contributed by atoms with Gasteiger partial charge < -0.3 is 30.6 Å². The van der Waals surface area contributed by atoms with Gasteiger partial charge in [0.15, 0.2) is 0 Å². The van der Waals surface area contributed by atoms with Crippen molar-refractivity contribution >= 4 is 11.9 Å². The van der Waals surface area contributed by atoms with Crippen LogP contribution < -0.4 is 0 Å². The molecule has 140 valence electrons. The van der Waals surface area contributed by atoms with Gasteiger partial charge in [-0.2, -0.15) is 0 Å². The molecule has 23 heavy (non-hydrogen) atoms. The van der Waals surface area contributed by atoms with E-state index in [1.807, 2.05) is 0 Å². The van der Waals surface area contributed by atoms with E-state index >= 15 is 0 Å². The summed E-state index contributed by atoms with van der Waals surface area (Å²) in [4.78, 5) is 20.2. The van der Waals surface area contributed by atoms with Gasteiger partial charge >= 0.3 is 11.9 Å². The summed E-state index contributed by atoms with van der Waals surface area (Å²) < 4.78 is 4.95. The lowest BCUT2D eigenvalue weighted by atomic mass is 10.1. The minimum atomic E-state index is -0.759. The number of aliphatic carboxylic acids is 2. The number of aliphatic hydroxyl groups excluding tert-OH is 2. The Morgan fingerprint density at radius 1 is 0.913 bits per heavy atom. The molecule has 0 aliphatic heterocycles. The second kappa shape index (κ2) is 18.8. The smallest absolute Gasteiger partial charge is 0.303 e. The Hall–Kier alpha value is -1.22. The fraction of sp³-hybridized carbons (Fsp3) is 0.867. The molecular formula is C15H32O8. The number of carboxylic acids is 2. The average molecular weight is 340 g/mol. The molecule has 8 nitrogen and oxygen atoms in total. The molecule has 0 rings (SSSR count). The van der Waals surface area contributed by atoms with Crippen molar-refractivity contribution in [2.24, 2.45) is 0 Å². The molecule has 0 bridgehead atoms. The molecule has 2 unspecified atom stereocenters. The molecule has 0 aliphatic carbocycles. The van der Waals surface area contributed by atoms with Crippen LogP contribution in [-0.2, 0) is 14.3 Å². The van der Waals surface area contributed by atoms with E-state index < -0.39 is 18.0 Å². The maximum absolute atomic E-state index is 10.1. The van der Waals surface area contributed by atoms with Gasteiger partial charge in [0.05, 0.1) is 25.4 Å². The van der Waals surface area contributed by atoms with Crippen molar-refractivity contribution in [3.63, 3.8) is 0 Å². The Bertz CT molecular complexity index is 263. The Morgan fingerprint density at radius 3 is 1.61 bits per heavy atom. The number of aliphatic hydroxyl groups is 2. The predicted octanol–water partition coefficient (Wildman–Crippen LogP) is 0.826. The highest BCUT2D eigenvalue weighted by molar-refractivity contribution is 5.66. The van der Waals surface area contributed by atoms with E-state index in [0.29, 0.717) is 19.4 Å². The van der Waals surface area contributed by atoms with Gasteiger partial charge in [-0.1, -0.05) is 19.3 Å². The van der Waals surface area contributed by atoms with Gasteiger partial charge in [-0.3, -0.25) is 9.59 Å². The largest absolute Gasteiger partial charge is 0.481 e. The summed E-state index contributed by atoms with van der Waals surface area (Å²) in [7, 11) is 0. The van der Waals surface area contributed by atoms with E-state index in [1.165, 1.54) is 0 Å². The van der Waals surface area contributed by atoms with Crippen LogP contribution in [-0.4, -0.2) is 63.3 Å². The minimum Gasteiger partial charge on any atom is -0.481 e. The molecule has 0 radical (unpaired) electrons. The van der Waals surface area contributed by atoms with E-state index in [2.05, 4.69) is 0 Å². The maximum atomic E-state index is 10.1. The average Bonchev–Trinajstić information content (AvgIpc) is 2.43. The van der Waals surface area contributed by atoms with Gasteiger partial charge in [0.25, 0.3) is 0 Å². The molecular weight excluding hydrogens is 308 g/mol. The minimum absolute atomic E-state index is 0. The van der Waals surface area contributed by atoms with Crippen molar-refractivity contribution < 1.29 is 40.2 Å². The predicted molar refractivity (Wildman–Crippen MR) is 85.4 cm³/mol. The van der Waals surface area contributed by atoms with E-state index in [9.17, 15) is 9.59 Å². The maximum Gasteiger partial charge on any atom is 0.303 e. The summed E-state index contributed by atoms with van der Waals surface area (Å²) in [6.45, 7) is 3.70. The first kappa shape index (κ1) is 26.7. The molecule has 0 saturated carbocycles. The van der Waals surface area contributed by atoms with Crippen LogP contribution in [0.3, 0.4) is 0 Å². The molecule has 0 aromatic carbocycles. The van der Waals surface area contributed by atoms with Crippen LogP contribution in [0.25, 0.3) is 0 Å². The van der Waals surface area contributed by atoms with Crippen LogP contribution in [0.2, 0.25) is 0 Å². The van der Waals surface area contributed by atoms with Crippen molar-refractivity contribution in [3.8, 4) is 0 Å². The lowest BCUT2D eigenvalue weighted by Gasteiger charge is -2.10. The van der Waals surface area contributed by atoms with E-state index in [4.69, 9.17) is 25.2 Å². The monoisotopic (exact) mass is 340 g/mol. The summed E-state index contributed by atoms with van der Waals surface area (Å²) in [6.07, 6.45) is 3.92. The molecule has 0 aliphatic rings. The summed E-state index contributed by atoms with van der Waals surface area (Å²) in [6, 6.07) is 0. The fourth-order valence-corrected chi connectivity index (χ4v) is 1.44. The standard InChI is InChI=1S/C9H16O4.C6H14O3.H2O/c10-8(11)6-4-2-1-3-5-7-9(12)13;1-5(8)4-9-6(2)3-7;/h1-7H2,(H,10,11)(H,12,13);5-8H,3-4H2,1-2H3;1H2. The number of rotatable bonds is 12. The highest BCUT2D eigenvalue weighted by Gasteiger charge is 2.01. The van der Waals surface area contributed by atoms with Crippen LogP contribution in [0.1, 0.15) is 58.8 Å². The second-order valence-corrected chi connectivity index (χ2v) is 5.23. The van der Waals surface area contributed by atoms with Gasteiger partial charge in [-0.05, 0) is 26.7 Å². The summed E-state index contributed by atoms with van der Waals surface area (Å²) >= 11 is 0. The van der Waals surface area contributed by atoms with Crippen molar-refractivity contribution in [1.29, 1.82) is 0 Å². The summed E-state index contributed by atoms with van der Waals surface area (Å²) in [5.41, 5.74) is 0. The fourth-order valence-electron chi connectivity index (χ4n) is 1.44. The molecule has 0 aromatic rings. The normalized spacial score (nSPS) is 12.3. The number of carboxylic acid groups (broad SMARTS) is 2. The Kier molecular flexibility index (Phi) is 21.8. The van der Waals surface area contributed by atoms with Crippen molar-refractivity contribution in [3.05, 3.63) is 0 Å². The van der Waals surface area contributed by atoms with E-state index in [1.54, 1.807) is 13.8 Å². The zero-order valence-electron chi connectivity index (χ0n) is 14.0. The SMILES string of the molecule is CC(O)COC(C)CO.O.O=C(O)CCCCCCCC(=O)O. The molecule has 0 saturated heterocycles. The van der Waals surface area contributed by atoms with Crippen molar-refractivity contribution in [2.75, 3.05) is 13.2 Å². The number of carbonyl (C=O) groups is 2. The van der Waals surface area contributed by atoms with Gasteiger partial charge in [0.2, 0.25) is 0 Å². The topological polar surface area (TPSA) is 156 Å². The second-order valence-electron chi connectivity index (χ2n) is 5.23. The number of hydrogen-bond acceptors (Lipinski definition) is 5. The highest BCUT2D eigenvalue weighted by Crippen LogP contribution is 2.06. The molecule has 0 fully saturated rings. The zero-order chi connectivity index (χ0) is 17.4. The third-order valence-corrected chi connectivity index (χ3v) is 2.66. The summed E-state index contributed by atoms with van der Waals surface area (Å²) in [5, 5.41) is 33.8. The molecule has 0 spiro atoms. The molecule has 8 heteroatoms. The molecule has 6 N–H and O–H groups in total. The van der Waals surface area contributed by atoms with Crippen molar-refractivity contribution in [2.45, 2.75) is 71.0 Å². The first-order valence-corrected chi connectivity index (χ1v) is 7.63. The zero-order valence-corrected chi connectivity index (χ0v) is 14.0. The number of unbranched alkanes of at least 4 members (excludes halogenated alkanes) is 4. The molecule has 0 amide bonds. The molecule has 0 aromatic heterocycles. The number of hydrogen-bond donors (Lipinski definition) is 4.